The van der Waals surface area contributed by atoms with Crippen LogP contribution < -0.4 is 10.1 Å². The van der Waals surface area contributed by atoms with Crippen LogP contribution in [-0.2, 0) is 6.54 Å². The number of aliphatic hydroxyl groups excluding tert-OH is 1. The van der Waals surface area contributed by atoms with Crippen molar-refractivity contribution < 1.29 is 9.84 Å². The zero-order chi connectivity index (χ0) is 19.3. The van der Waals surface area contributed by atoms with Crippen LogP contribution in [0.2, 0.25) is 0 Å². The third kappa shape index (κ3) is 3.68. The molecule has 3 N–H and O–H groups in total. The van der Waals surface area contributed by atoms with Crippen molar-refractivity contribution in [2.24, 2.45) is 4.99 Å². The number of ether oxygens (including phenoxy) is 1. The normalized spacial score (nSPS) is 13.4. The van der Waals surface area contributed by atoms with E-state index in [9.17, 15) is 5.11 Å². The molecule has 0 bridgehead atoms. The molecule has 0 saturated heterocycles. The van der Waals surface area contributed by atoms with E-state index < -0.39 is 0 Å². The van der Waals surface area contributed by atoms with Gasteiger partial charge >= 0.3 is 0 Å². The van der Waals surface area contributed by atoms with Crippen molar-refractivity contribution in [3.63, 3.8) is 0 Å². The number of hydrogen-bond donors (Lipinski definition) is 3. The van der Waals surface area contributed by atoms with Gasteiger partial charge in [0.2, 0.25) is 0 Å². The summed E-state index contributed by atoms with van der Waals surface area (Å²) < 4.78 is 5.30. The zero-order valence-electron chi connectivity index (χ0n) is 16.1. The van der Waals surface area contributed by atoms with Gasteiger partial charge in [0, 0.05) is 42.7 Å². The first-order chi connectivity index (χ1) is 13.8. The van der Waals surface area contributed by atoms with Crippen LogP contribution >= 0.6 is 0 Å². The molecule has 2 heterocycles. The highest BCUT2D eigenvalue weighted by Gasteiger charge is 2.20. The number of methoxy groups -OCH3 is 1. The van der Waals surface area contributed by atoms with Gasteiger partial charge in [0.15, 0.2) is 5.96 Å². The lowest BCUT2D eigenvalue weighted by Gasteiger charge is -2.25. The van der Waals surface area contributed by atoms with E-state index in [4.69, 9.17) is 4.74 Å². The first-order valence-electron chi connectivity index (χ1n) is 9.68. The Bertz CT molecular complexity index is 962. The zero-order valence-corrected chi connectivity index (χ0v) is 16.1. The molecule has 0 unspecified atom stereocenters. The highest BCUT2D eigenvalue weighted by molar-refractivity contribution is 5.91. The predicted octanol–water partition coefficient (Wildman–Crippen LogP) is 2.99. The van der Waals surface area contributed by atoms with Gasteiger partial charge in [-0.25, -0.2) is 0 Å². The van der Waals surface area contributed by atoms with Crippen LogP contribution in [0.4, 0.5) is 0 Å². The lowest BCUT2D eigenvalue weighted by Crippen LogP contribution is -2.39. The molecule has 0 amide bonds. The van der Waals surface area contributed by atoms with Crippen LogP contribution in [0.1, 0.15) is 12.0 Å². The van der Waals surface area contributed by atoms with Crippen molar-refractivity contribution in [2.75, 3.05) is 33.4 Å². The second kappa shape index (κ2) is 8.35. The summed E-state index contributed by atoms with van der Waals surface area (Å²) in [5.41, 5.74) is 4.58. The van der Waals surface area contributed by atoms with Crippen LogP contribution in [0.15, 0.2) is 53.5 Å². The summed E-state index contributed by atoms with van der Waals surface area (Å²) >= 11 is 0. The van der Waals surface area contributed by atoms with Gasteiger partial charge in [-0.05, 0) is 42.3 Å². The van der Waals surface area contributed by atoms with E-state index in [2.05, 4.69) is 50.5 Å². The number of hydrogen-bond acceptors (Lipinski definition) is 5. The lowest BCUT2D eigenvalue weighted by atomic mass is 10.0. The molecule has 2 aromatic carbocycles. The fraction of sp³-hybridized carbons (Fsp3) is 0.318. The third-order valence-electron chi connectivity index (χ3n) is 5.08. The Morgan fingerprint density at radius 2 is 1.96 bits per heavy atom. The Balaban J connectivity index is 1.75. The first kappa shape index (κ1) is 18.4. The Labute approximate surface area is 164 Å². The lowest BCUT2D eigenvalue weighted by molar-refractivity contribution is 0.264. The highest BCUT2D eigenvalue weighted by Crippen LogP contribution is 2.32. The van der Waals surface area contributed by atoms with Gasteiger partial charge in [-0.2, -0.15) is 0 Å². The minimum absolute atomic E-state index is 0.170. The van der Waals surface area contributed by atoms with E-state index in [1.54, 1.807) is 7.11 Å². The number of nitrogens with one attached hydrogen (secondary N) is 2. The van der Waals surface area contributed by atoms with Gasteiger partial charge < -0.3 is 25.0 Å². The van der Waals surface area contributed by atoms with Gasteiger partial charge in [-0.3, -0.25) is 4.99 Å². The molecule has 146 valence electrons. The van der Waals surface area contributed by atoms with Crippen LogP contribution in [0, 0.1) is 0 Å². The smallest absolute Gasteiger partial charge is 0.194 e. The fourth-order valence-electron chi connectivity index (χ4n) is 3.68. The van der Waals surface area contributed by atoms with Gasteiger partial charge in [0.1, 0.15) is 5.75 Å². The van der Waals surface area contributed by atoms with E-state index in [1.165, 1.54) is 10.9 Å². The maximum atomic E-state index is 9.33. The van der Waals surface area contributed by atoms with Crippen LogP contribution in [0.3, 0.4) is 0 Å². The summed E-state index contributed by atoms with van der Waals surface area (Å²) in [7, 11) is 1.68. The third-order valence-corrected chi connectivity index (χ3v) is 5.08. The number of H-pyrrole nitrogens is 1. The van der Waals surface area contributed by atoms with Crippen molar-refractivity contribution in [3.05, 3.63) is 54.1 Å². The van der Waals surface area contributed by atoms with Gasteiger partial charge in [0.25, 0.3) is 0 Å². The monoisotopic (exact) mass is 378 g/mol. The molecule has 28 heavy (non-hydrogen) atoms. The molecule has 6 heteroatoms. The molecule has 1 aromatic heterocycles. The maximum Gasteiger partial charge on any atom is 0.194 e. The molecule has 1 aliphatic heterocycles. The molecular formula is C22H26N4O2. The fourth-order valence-corrected chi connectivity index (χ4v) is 3.68. The van der Waals surface area contributed by atoms with E-state index in [0.29, 0.717) is 6.42 Å². The number of aliphatic hydroxyl groups is 1. The van der Waals surface area contributed by atoms with Crippen LogP contribution in [-0.4, -0.2) is 54.3 Å². The standard InChI is InChI=1S/C22H26N4O2/c1-28-17-9-7-16(8-10-17)21-19(18-5-2-3-6-20(18)25-21)15-26(13-4-14-27)22-23-11-12-24-22/h2-3,5-10,25,27H,4,11-15H2,1H3,(H,23,24). The summed E-state index contributed by atoms with van der Waals surface area (Å²) in [6, 6.07) is 16.5. The van der Waals surface area contributed by atoms with Crippen LogP contribution in [0.25, 0.3) is 22.2 Å². The van der Waals surface area contributed by atoms with E-state index in [-0.39, 0.29) is 6.61 Å². The van der Waals surface area contributed by atoms with Crippen molar-refractivity contribution in [1.29, 1.82) is 0 Å². The summed E-state index contributed by atoms with van der Waals surface area (Å²) in [6.45, 7) is 3.30. The largest absolute Gasteiger partial charge is 0.497 e. The van der Waals surface area contributed by atoms with Crippen molar-refractivity contribution in [1.82, 2.24) is 15.2 Å². The quantitative estimate of drug-likeness (QED) is 0.591. The Hall–Kier alpha value is -2.99. The van der Waals surface area contributed by atoms with Crippen molar-refractivity contribution >= 4 is 16.9 Å². The van der Waals surface area contributed by atoms with E-state index >= 15 is 0 Å². The van der Waals surface area contributed by atoms with Gasteiger partial charge in [-0.15, -0.1) is 0 Å². The van der Waals surface area contributed by atoms with Crippen molar-refractivity contribution in [3.8, 4) is 17.0 Å². The Morgan fingerprint density at radius 1 is 1.14 bits per heavy atom. The van der Waals surface area contributed by atoms with Crippen LogP contribution in [0.5, 0.6) is 5.75 Å². The first-order valence-corrected chi connectivity index (χ1v) is 9.68. The number of aliphatic imine (C=N–C) groups is 1. The SMILES string of the molecule is COc1ccc(-c2[nH]c3ccccc3c2CN(CCCO)C2=NCCN2)cc1. The van der Waals surface area contributed by atoms with Crippen molar-refractivity contribution in [2.45, 2.75) is 13.0 Å². The van der Waals surface area contributed by atoms with Gasteiger partial charge in [0.05, 0.1) is 19.3 Å². The Kier molecular flexibility index (Phi) is 5.48. The topological polar surface area (TPSA) is 72.9 Å². The number of nitrogens with zero attached hydrogens (tertiary/aromatic N) is 2. The molecular weight excluding hydrogens is 352 g/mol. The molecule has 0 aliphatic carbocycles. The number of aromatic nitrogens is 1. The molecule has 4 rings (SSSR count). The average molecular weight is 378 g/mol. The maximum absolute atomic E-state index is 9.33. The highest BCUT2D eigenvalue weighted by atomic mass is 16.5. The number of benzene rings is 2. The summed E-state index contributed by atoms with van der Waals surface area (Å²) in [5, 5.41) is 13.9. The minimum Gasteiger partial charge on any atom is -0.497 e. The predicted molar refractivity (Wildman–Crippen MR) is 113 cm³/mol. The minimum atomic E-state index is 0.170. The summed E-state index contributed by atoms with van der Waals surface area (Å²) in [5.74, 6) is 1.76. The molecule has 1 aliphatic rings. The summed E-state index contributed by atoms with van der Waals surface area (Å²) in [4.78, 5) is 10.4. The second-order valence-electron chi connectivity index (χ2n) is 6.88. The van der Waals surface area contributed by atoms with E-state index in [0.717, 1.165) is 54.7 Å². The average Bonchev–Trinajstić information content (AvgIpc) is 3.39. The second-order valence-corrected chi connectivity index (χ2v) is 6.88. The molecule has 0 spiro atoms. The number of guanidine groups is 1. The number of fused-ring (bicyclic) bond motifs is 1. The molecule has 0 saturated carbocycles. The number of rotatable bonds is 7. The Morgan fingerprint density at radius 3 is 2.68 bits per heavy atom. The molecule has 0 fully saturated rings. The molecule has 0 radical (unpaired) electrons. The molecule has 0 atom stereocenters. The van der Waals surface area contributed by atoms with Gasteiger partial charge in [-0.1, -0.05) is 18.2 Å². The number of aromatic amines is 1. The molecule has 6 nitrogen and oxygen atoms in total. The summed E-state index contributed by atoms with van der Waals surface area (Å²) in [6.07, 6.45) is 0.709. The molecule has 3 aromatic rings. The number of para-hydroxylation sites is 1. The van der Waals surface area contributed by atoms with E-state index in [1.807, 2.05) is 18.2 Å².